The van der Waals surface area contributed by atoms with Crippen molar-refractivity contribution in [3.8, 4) is 0 Å². The predicted molar refractivity (Wildman–Crippen MR) is 67.2 cm³/mol. The van der Waals surface area contributed by atoms with Gasteiger partial charge in [-0.3, -0.25) is 9.69 Å². The van der Waals surface area contributed by atoms with E-state index in [-0.39, 0.29) is 0 Å². The fraction of sp³-hybridized carbons (Fsp3) is 0.923. The van der Waals surface area contributed by atoms with Gasteiger partial charge in [0.1, 0.15) is 5.78 Å². The van der Waals surface area contributed by atoms with E-state index in [1.807, 2.05) is 0 Å². The van der Waals surface area contributed by atoms with Crippen LogP contribution in [0.2, 0.25) is 0 Å². The number of nitrogens with zero attached hydrogens (tertiary/aromatic N) is 1. The summed E-state index contributed by atoms with van der Waals surface area (Å²) in [6, 6.07) is 0.555. The van der Waals surface area contributed by atoms with Crippen molar-refractivity contribution >= 4 is 5.78 Å². The van der Waals surface area contributed by atoms with Crippen LogP contribution >= 0.6 is 0 Å². The fourth-order valence-electron chi connectivity index (χ4n) is 2.39. The van der Waals surface area contributed by atoms with Crippen LogP contribution in [-0.2, 0) is 14.3 Å². The molecule has 4 heteroatoms. The zero-order valence-electron chi connectivity index (χ0n) is 11.1. The first-order valence-electron chi connectivity index (χ1n) is 6.51. The Bertz CT molecular complexity index is 211. The monoisotopic (exact) mass is 243 g/mol. The number of ketones is 1. The molecule has 0 spiro atoms. The van der Waals surface area contributed by atoms with E-state index in [0.717, 1.165) is 58.4 Å². The van der Waals surface area contributed by atoms with E-state index in [1.165, 1.54) is 0 Å². The lowest BCUT2D eigenvalue weighted by molar-refractivity contribution is -0.121. The third-order valence-electron chi connectivity index (χ3n) is 3.41. The molecular formula is C13H25NO3. The number of carbonyl (C=O) groups is 1. The molecule has 0 bridgehead atoms. The number of methoxy groups -OCH3 is 2. The molecule has 0 aliphatic heterocycles. The van der Waals surface area contributed by atoms with Crippen molar-refractivity contribution in [3.05, 3.63) is 0 Å². The average molecular weight is 243 g/mol. The highest BCUT2D eigenvalue weighted by Gasteiger charge is 2.23. The Balaban J connectivity index is 2.35. The number of ether oxygens (including phenoxy) is 2. The van der Waals surface area contributed by atoms with Gasteiger partial charge in [0.15, 0.2) is 0 Å². The van der Waals surface area contributed by atoms with Crippen LogP contribution in [0.25, 0.3) is 0 Å². The highest BCUT2D eigenvalue weighted by Crippen LogP contribution is 2.20. The van der Waals surface area contributed by atoms with Crippen LogP contribution in [0.3, 0.4) is 0 Å². The molecule has 0 N–H and O–H groups in total. The highest BCUT2D eigenvalue weighted by molar-refractivity contribution is 5.79. The maximum atomic E-state index is 11.2. The summed E-state index contributed by atoms with van der Waals surface area (Å²) in [5.74, 6) is 0.421. The molecule has 100 valence electrons. The quantitative estimate of drug-likeness (QED) is 0.605. The van der Waals surface area contributed by atoms with Gasteiger partial charge in [0, 0.05) is 52.8 Å². The summed E-state index contributed by atoms with van der Waals surface area (Å²) < 4.78 is 10.2. The first-order chi connectivity index (χ1) is 8.27. The van der Waals surface area contributed by atoms with Crippen molar-refractivity contribution in [1.82, 2.24) is 4.90 Å². The predicted octanol–water partition coefficient (Wildman–Crippen LogP) is 1.48. The fourth-order valence-corrected chi connectivity index (χ4v) is 2.39. The van der Waals surface area contributed by atoms with E-state index in [1.54, 1.807) is 14.2 Å². The summed E-state index contributed by atoms with van der Waals surface area (Å²) in [4.78, 5) is 13.7. The number of carbonyl (C=O) groups excluding carboxylic acids is 1. The minimum absolute atomic E-state index is 0.421. The Morgan fingerprint density at radius 1 is 1.12 bits per heavy atom. The van der Waals surface area contributed by atoms with E-state index in [9.17, 15) is 4.79 Å². The summed E-state index contributed by atoms with van der Waals surface area (Å²) >= 11 is 0. The SMILES string of the molecule is COCCCN(CCOC)C1CCC(=O)CC1. The summed E-state index contributed by atoms with van der Waals surface area (Å²) in [7, 11) is 3.47. The Morgan fingerprint density at radius 2 is 1.76 bits per heavy atom. The number of hydrogen-bond acceptors (Lipinski definition) is 4. The van der Waals surface area contributed by atoms with Crippen LogP contribution in [0.15, 0.2) is 0 Å². The van der Waals surface area contributed by atoms with Crippen LogP contribution in [0.4, 0.5) is 0 Å². The molecule has 0 heterocycles. The van der Waals surface area contributed by atoms with Gasteiger partial charge < -0.3 is 9.47 Å². The third kappa shape index (κ3) is 5.61. The molecule has 1 aliphatic carbocycles. The Kier molecular flexibility index (Phi) is 7.40. The van der Waals surface area contributed by atoms with Gasteiger partial charge in [-0.25, -0.2) is 0 Å². The minimum Gasteiger partial charge on any atom is -0.385 e. The zero-order valence-corrected chi connectivity index (χ0v) is 11.1. The van der Waals surface area contributed by atoms with Gasteiger partial charge >= 0.3 is 0 Å². The van der Waals surface area contributed by atoms with Crippen molar-refractivity contribution in [2.45, 2.75) is 38.1 Å². The second-order valence-corrected chi connectivity index (χ2v) is 4.64. The molecule has 0 aromatic carbocycles. The number of rotatable bonds is 8. The molecule has 0 unspecified atom stereocenters. The van der Waals surface area contributed by atoms with Gasteiger partial charge in [-0.05, 0) is 19.3 Å². The number of Topliss-reactive ketones (excluding diaryl/α,β-unsaturated/α-hetero) is 1. The van der Waals surface area contributed by atoms with Gasteiger partial charge in [-0.1, -0.05) is 0 Å². The van der Waals surface area contributed by atoms with Gasteiger partial charge in [-0.15, -0.1) is 0 Å². The third-order valence-corrected chi connectivity index (χ3v) is 3.41. The normalized spacial score (nSPS) is 17.9. The lowest BCUT2D eigenvalue weighted by atomic mass is 9.93. The molecule has 0 saturated heterocycles. The molecule has 0 radical (unpaired) electrons. The topological polar surface area (TPSA) is 38.8 Å². The summed E-state index contributed by atoms with van der Waals surface area (Å²) in [6.07, 6.45) is 4.56. The molecule has 0 aromatic heterocycles. The van der Waals surface area contributed by atoms with Crippen molar-refractivity contribution in [2.75, 3.05) is 40.5 Å². The maximum absolute atomic E-state index is 11.2. The first-order valence-corrected chi connectivity index (χ1v) is 6.51. The van der Waals surface area contributed by atoms with Crippen LogP contribution in [-0.4, -0.2) is 57.2 Å². The van der Waals surface area contributed by atoms with Crippen molar-refractivity contribution in [2.24, 2.45) is 0 Å². The number of hydrogen-bond donors (Lipinski definition) is 0. The van der Waals surface area contributed by atoms with Gasteiger partial charge in [0.25, 0.3) is 0 Å². The van der Waals surface area contributed by atoms with E-state index in [0.29, 0.717) is 11.8 Å². The molecule has 1 aliphatic rings. The molecule has 1 saturated carbocycles. The molecule has 1 fully saturated rings. The van der Waals surface area contributed by atoms with E-state index >= 15 is 0 Å². The molecule has 4 nitrogen and oxygen atoms in total. The summed E-state index contributed by atoms with van der Waals surface area (Å²) in [6.45, 7) is 3.56. The molecule has 17 heavy (non-hydrogen) atoms. The lowest BCUT2D eigenvalue weighted by Crippen LogP contribution is -2.41. The first kappa shape index (κ1) is 14.6. The molecule has 0 aromatic rings. The standard InChI is InChI=1S/C13H25NO3/c1-16-10-3-8-14(9-11-17-2)12-4-6-13(15)7-5-12/h12H,3-11H2,1-2H3. The molecule has 0 amide bonds. The van der Waals surface area contributed by atoms with E-state index in [4.69, 9.17) is 9.47 Å². The Morgan fingerprint density at radius 3 is 2.35 bits per heavy atom. The molecule has 1 rings (SSSR count). The average Bonchev–Trinajstić information content (AvgIpc) is 2.35. The van der Waals surface area contributed by atoms with Crippen LogP contribution < -0.4 is 0 Å². The van der Waals surface area contributed by atoms with Crippen LogP contribution in [0, 0.1) is 0 Å². The van der Waals surface area contributed by atoms with E-state index < -0.39 is 0 Å². The minimum atomic E-state index is 0.421. The molecule has 0 atom stereocenters. The van der Waals surface area contributed by atoms with Gasteiger partial charge in [0.2, 0.25) is 0 Å². The Hall–Kier alpha value is -0.450. The van der Waals surface area contributed by atoms with Crippen molar-refractivity contribution < 1.29 is 14.3 Å². The second-order valence-electron chi connectivity index (χ2n) is 4.64. The van der Waals surface area contributed by atoms with Crippen molar-refractivity contribution in [1.29, 1.82) is 0 Å². The van der Waals surface area contributed by atoms with Gasteiger partial charge in [-0.2, -0.15) is 0 Å². The smallest absolute Gasteiger partial charge is 0.133 e. The summed E-state index contributed by atoms with van der Waals surface area (Å²) in [5.41, 5.74) is 0. The largest absolute Gasteiger partial charge is 0.385 e. The van der Waals surface area contributed by atoms with E-state index in [2.05, 4.69) is 4.90 Å². The van der Waals surface area contributed by atoms with Crippen LogP contribution in [0.1, 0.15) is 32.1 Å². The molecular weight excluding hydrogens is 218 g/mol. The zero-order chi connectivity index (χ0) is 12.5. The Labute approximate surface area is 104 Å². The summed E-state index contributed by atoms with van der Waals surface area (Å²) in [5, 5.41) is 0. The lowest BCUT2D eigenvalue weighted by Gasteiger charge is -2.33. The van der Waals surface area contributed by atoms with Gasteiger partial charge in [0.05, 0.1) is 6.61 Å². The maximum Gasteiger partial charge on any atom is 0.133 e. The second kappa shape index (κ2) is 8.61. The van der Waals surface area contributed by atoms with Crippen molar-refractivity contribution in [3.63, 3.8) is 0 Å². The van der Waals surface area contributed by atoms with Crippen LogP contribution in [0.5, 0.6) is 0 Å². The highest BCUT2D eigenvalue weighted by atomic mass is 16.5.